The quantitative estimate of drug-likeness (QED) is 0.690. The van der Waals surface area contributed by atoms with E-state index >= 15 is 0 Å². The van der Waals surface area contributed by atoms with Gasteiger partial charge in [-0.05, 0) is 43.0 Å². The number of nitrogens with one attached hydrogen (secondary N) is 1. The van der Waals surface area contributed by atoms with E-state index in [0.29, 0.717) is 19.0 Å². The first-order valence-corrected chi connectivity index (χ1v) is 7.68. The van der Waals surface area contributed by atoms with Crippen LogP contribution in [0.15, 0.2) is 12.1 Å². The van der Waals surface area contributed by atoms with Gasteiger partial charge in [0.25, 0.3) is 0 Å². The molecule has 1 aromatic carbocycles. The van der Waals surface area contributed by atoms with Crippen molar-refractivity contribution in [2.75, 3.05) is 19.7 Å². The van der Waals surface area contributed by atoms with Gasteiger partial charge in [0.05, 0.1) is 6.10 Å². The van der Waals surface area contributed by atoms with Crippen molar-refractivity contribution < 1.29 is 14.9 Å². The molecule has 0 radical (unpaired) electrons. The van der Waals surface area contributed by atoms with Crippen LogP contribution in [0.3, 0.4) is 0 Å². The fourth-order valence-electron chi connectivity index (χ4n) is 1.95. The van der Waals surface area contributed by atoms with E-state index < -0.39 is 12.2 Å². The molecule has 4 nitrogen and oxygen atoms in total. The largest absolute Gasteiger partial charge is 0.491 e. The predicted octanol–water partition coefficient (Wildman–Crippen LogP) is 2.48. The molecule has 2 unspecified atom stereocenters. The molecule has 0 aliphatic rings. The van der Waals surface area contributed by atoms with Gasteiger partial charge in [-0.25, -0.2) is 0 Å². The van der Waals surface area contributed by atoms with E-state index in [2.05, 4.69) is 19.2 Å². The lowest BCUT2D eigenvalue weighted by atomic mass is 10.0. The number of rotatable bonds is 8. The van der Waals surface area contributed by atoms with Gasteiger partial charge in [-0.2, -0.15) is 0 Å². The van der Waals surface area contributed by atoms with Gasteiger partial charge in [0.2, 0.25) is 0 Å². The maximum atomic E-state index is 9.88. The van der Waals surface area contributed by atoms with Crippen LogP contribution in [0.25, 0.3) is 0 Å². The van der Waals surface area contributed by atoms with Gasteiger partial charge in [-0.1, -0.05) is 25.4 Å². The summed E-state index contributed by atoms with van der Waals surface area (Å²) >= 11 is 6.15. The summed E-state index contributed by atoms with van der Waals surface area (Å²) in [4.78, 5) is 0. The Labute approximate surface area is 132 Å². The number of aliphatic hydroxyl groups is 2. The Balaban J connectivity index is 2.60. The summed E-state index contributed by atoms with van der Waals surface area (Å²) in [5, 5.41) is 22.7. The zero-order valence-corrected chi connectivity index (χ0v) is 13.9. The maximum Gasteiger partial charge on any atom is 0.123 e. The lowest BCUT2D eigenvalue weighted by Gasteiger charge is -2.18. The average Bonchev–Trinajstić information content (AvgIpc) is 2.39. The molecule has 0 heterocycles. The summed E-state index contributed by atoms with van der Waals surface area (Å²) in [6.07, 6.45) is -1.05. The molecule has 21 heavy (non-hydrogen) atoms. The minimum absolute atomic E-state index is 0.202. The highest BCUT2D eigenvalue weighted by atomic mass is 35.5. The number of ether oxygens (including phenoxy) is 1. The zero-order valence-electron chi connectivity index (χ0n) is 13.2. The Morgan fingerprint density at radius 2 is 1.86 bits per heavy atom. The van der Waals surface area contributed by atoms with Crippen molar-refractivity contribution in [2.24, 2.45) is 0 Å². The monoisotopic (exact) mass is 315 g/mol. The SMILES string of the molecule is Cc1cc(OCC(O)CNCC(C)O)c(C(C)C)cc1Cl. The number of aryl methyl sites for hydroxylation is 1. The van der Waals surface area contributed by atoms with Crippen LogP contribution in [-0.4, -0.2) is 42.1 Å². The molecule has 0 amide bonds. The number of halogens is 1. The van der Waals surface area contributed by atoms with Crippen LogP contribution in [0.4, 0.5) is 0 Å². The van der Waals surface area contributed by atoms with E-state index in [0.717, 1.165) is 21.9 Å². The van der Waals surface area contributed by atoms with Crippen molar-refractivity contribution in [3.63, 3.8) is 0 Å². The Morgan fingerprint density at radius 1 is 1.19 bits per heavy atom. The van der Waals surface area contributed by atoms with E-state index in [1.54, 1.807) is 6.92 Å². The molecule has 0 fully saturated rings. The smallest absolute Gasteiger partial charge is 0.123 e. The average molecular weight is 316 g/mol. The number of hydrogen-bond donors (Lipinski definition) is 3. The van der Waals surface area contributed by atoms with Gasteiger partial charge >= 0.3 is 0 Å². The van der Waals surface area contributed by atoms with Gasteiger partial charge in [-0.15, -0.1) is 0 Å². The van der Waals surface area contributed by atoms with E-state index in [1.165, 1.54) is 0 Å². The van der Waals surface area contributed by atoms with Gasteiger partial charge in [-0.3, -0.25) is 0 Å². The van der Waals surface area contributed by atoms with Crippen LogP contribution in [0.2, 0.25) is 5.02 Å². The van der Waals surface area contributed by atoms with E-state index in [9.17, 15) is 5.11 Å². The molecule has 120 valence electrons. The van der Waals surface area contributed by atoms with Crippen molar-refractivity contribution in [2.45, 2.75) is 45.8 Å². The van der Waals surface area contributed by atoms with Gasteiger partial charge in [0, 0.05) is 18.1 Å². The lowest BCUT2D eigenvalue weighted by molar-refractivity contribution is 0.101. The summed E-state index contributed by atoms with van der Waals surface area (Å²) in [7, 11) is 0. The van der Waals surface area contributed by atoms with Crippen molar-refractivity contribution in [3.05, 3.63) is 28.3 Å². The maximum absolute atomic E-state index is 9.88. The first kappa shape index (κ1) is 18.2. The van der Waals surface area contributed by atoms with Crippen LogP contribution in [-0.2, 0) is 0 Å². The third-order valence-corrected chi connectivity index (χ3v) is 3.57. The summed E-state index contributed by atoms with van der Waals surface area (Å²) in [6.45, 7) is 8.82. The zero-order chi connectivity index (χ0) is 16.0. The molecular weight excluding hydrogens is 290 g/mol. The molecule has 0 aromatic heterocycles. The van der Waals surface area contributed by atoms with Crippen molar-refractivity contribution >= 4 is 11.6 Å². The molecule has 1 rings (SSSR count). The predicted molar refractivity (Wildman–Crippen MR) is 86.3 cm³/mol. The summed E-state index contributed by atoms with van der Waals surface area (Å²) in [6, 6.07) is 3.84. The Kier molecular flexibility index (Phi) is 7.46. The standard InChI is InChI=1S/C16H26ClNO3/c1-10(2)14-6-15(17)11(3)5-16(14)21-9-13(20)8-18-7-12(4)19/h5-6,10,12-13,18-20H,7-9H2,1-4H3. The van der Waals surface area contributed by atoms with Gasteiger partial charge < -0.3 is 20.3 Å². The van der Waals surface area contributed by atoms with Crippen molar-refractivity contribution in [3.8, 4) is 5.75 Å². The minimum atomic E-state index is -0.625. The Hall–Kier alpha value is -0.810. The molecular formula is C16H26ClNO3. The van der Waals surface area contributed by atoms with Crippen LogP contribution in [0.1, 0.15) is 37.8 Å². The first-order valence-electron chi connectivity index (χ1n) is 7.31. The molecule has 0 saturated carbocycles. The highest BCUT2D eigenvalue weighted by Crippen LogP contribution is 2.32. The van der Waals surface area contributed by atoms with Crippen molar-refractivity contribution in [1.29, 1.82) is 0 Å². The Morgan fingerprint density at radius 3 is 2.43 bits per heavy atom. The van der Waals surface area contributed by atoms with Crippen LogP contribution < -0.4 is 10.1 Å². The molecule has 0 aliphatic carbocycles. The molecule has 0 aliphatic heterocycles. The van der Waals surface area contributed by atoms with Crippen LogP contribution in [0.5, 0.6) is 5.75 Å². The fraction of sp³-hybridized carbons (Fsp3) is 0.625. The van der Waals surface area contributed by atoms with Crippen LogP contribution in [0, 0.1) is 6.92 Å². The topological polar surface area (TPSA) is 61.7 Å². The van der Waals surface area contributed by atoms with E-state index in [-0.39, 0.29) is 6.61 Å². The summed E-state index contributed by atoms with van der Waals surface area (Å²) in [5.41, 5.74) is 1.99. The first-order chi connectivity index (χ1) is 9.81. The molecule has 3 N–H and O–H groups in total. The van der Waals surface area contributed by atoms with E-state index in [1.807, 2.05) is 19.1 Å². The molecule has 0 saturated heterocycles. The molecule has 5 heteroatoms. The van der Waals surface area contributed by atoms with E-state index in [4.69, 9.17) is 21.4 Å². The Bertz CT molecular complexity index is 449. The molecule has 0 bridgehead atoms. The van der Waals surface area contributed by atoms with Gasteiger partial charge in [0.1, 0.15) is 18.5 Å². The molecule has 0 spiro atoms. The highest BCUT2D eigenvalue weighted by Gasteiger charge is 2.13. The minimum Gasteiger partial charge on any atom is -0.491 e. The number of hydrogen-bond acceptors (Lipinski definition) is 4. The van der Waals surface area contributed by atoms with Gasteiger partial charge in [0.15, 0.2) is 0 Å². The highest BCUT2D eigenvalue weighted by molar-refractivity contribution is 6.31. The normalized spacial score (nSPS) is 14.3. The second kappa shape index (κ2) is 8.59. The second-order valence-corrected chi connectivity index (χ2v) is 6.17. The summed E-state index contributed by atoms with van der Waals surface area (Å²) in [5.74, 6) is 1.06. The van der Waals surface area contributed by atoms with Crippen LogP contribution >= 0.6 is 11.6 Å². The number of aliphatic hydroxyl groups excluding tert-OH is 2. The number of benzene rings is 1. The molecule has 1 aromatic rings. The molecule has 2 atom stereocenters. The lowest BCUT2D eigenvalue weighted by Crippen LogP contribution is -2.35. The van der Waals surface area contributed by atoms with Crippen molar-refractivity contribution in [1.82, 2.24) is 5.32 Å². The third kappa shape index (κ3) is 6.22. The summed E-state index contributed by atoms with van der Waals surface area (Å²) < 4.78 is 5.74. The fourth-order valence-corrected chi connectivity index (χ4v) is 2.12. The third-order valence-electron chi connectivity index (χ3n) is 3.16. The second-order valence-electron chi connectivity index (χ2n) is 5.77.